The van der Waals surface area contributed by atoms with Gasteiger partial charge < -0.3 is 5.73 Å². The summed E-state index contributed by atoms with van der Waals surface area (Å²) in [5.41, 5.74) is 9.58. The molecule has 1 rings (SSSR count). The summed E-state index contributed by atoms with van der Waals surface area (Å²) in [4.78, 5) is 0. The fraction of sp³-hybridized carbons (Fsp3) is 0.0909. The van der Waals surface area contributed by atoms with E-state index in [1.807, 2.05) is 25.1 Å². The maximum absolute atomic E-state index is 5.79. The first-order valence-corrected chi connectivity index (χ1v) is 3.83. The molecule has 0 bridgehead atoms. The van der Waals surface area contributed by atoms with Crippen LogP contribution in [-0.4, -0.2) is 0 Å². The molecule has 1 aromatic carbocycles. The van der Waals surface area contributed by atoms with Crippen LogP contribution in [0.25, 0.3) is 11.6 Å². The first-order valence-electron chi connectivity index (χ1n) is 3.83. The molecule has 0 aromatic heterocycles. The summed E-state index contributed by atoms with van der Waals surface area (Å²) < 4.78 is 0. The minimum Gasteiger partial charge on any atom is -0.398 e. The molecule has 0 aliphatic carbocycles. The van der Waals surface area contributed by atoms with Crippen molar-refractivity contribution < 1.29 is 0 Å². The van der Waals surface area contributed by atoms with Crippen molar-refractivity contribution in [2.24, 2.45) is 0 Å². The van der Waals surface area contributed by atoms with Gasteiger partial charge in [0.2, 0.25) is 0 Å². The molecule has 0 aliphatic heterocycles. The molecule has 0 heterocycles. The molecule has 12 heavy (non-hydrogen) atoms. The first-order chi connectivity index (χ1) is 5.66. The summed E-state index contributed by atoms with van der Waals surface area (Å²) in [6.45, 7) is 9.53. The lowest BCUT2D eigenvalue weighted by Crippen LogP contribution is -1.93. The predicted molar refractivity (Wildman–Crippen MR) is 55.7 cm³/mol. The largest absolute Gasteiger partial charge is 0.398 e. The molecular formula is C11H13N. The van der Waals surface area contributed by atoms with Crippen LogP contribution in [0.3, 0.4) is 0 Å². The Labute approximate surface area is 73.2 Å². The van der Waals surface area contributed by atoms with E-state index in [1.165, 1.54) is 0 Å². The van der Waals surface area contributed by atoms with Crippen molar-refractivity contribution in [3.05, 3.63) is 42.5 Å². The van der Waals surface area contributed by atoms with Crippen molar-refractivity contribution in [1.82, 2.24) is 0 Å². The lowest BCUT2D eigenvalue weighted by Gasteiger charge is -2.08. The van der Waals surface area contributed by atoms with Crippen LogP contribution in [0.1, 0.15) is 18.1 Å². The molecule has 2 N–H and O–H groups in total. The Morgan fingerprint density at radius 1 is 1.50 bits per heavy atom. The van der Waals surface area contributed by atoms with E-state index in [2.05, 4.69) is 13.2 Å². The fourth-order valence-corrected chi connectivity index (χ4v) is 1.25. The summed E-state index contributed by atoms with van der Waals surface area (Å²) >= 11 is 0. The topological polar surface area (TPSA) is 26.0 Å². The minimum absolute atomic E-state index is 0.764. The van der Waals surface area contributed by atoms with Crippen LogP contribution in [0.5, 0.6) is 0 Å². The maximum Gasteiger partial charge on any atom is 0.0396 e. The van der Waals surface area contributed by atoms with Crippen molar-refractivity contribution in [2.45, 2.75) is 6.92 Å². The van der Waals surface area contributed by atoms with Crippen molar-refractivity contribution in [3.8, 4) is 0 Å². The molecule has 0 aliphatic rings. The van der Waals surface area contributed by atoms with Crippen LogP contribution in [0, 0.1) is 0 Å². The molecule has 0 spiro atoms. The summed E-state index contributed by atoms with van der Waals surface area (Å²) in [6.07, 6.45) is 1.79. The van der Waals surface area contributed by atoms with Gasteiger partial charge in [-0.05, 0) is 24.1 Å². The molecule has 0 fully saturated rings. The average molecular weight is 159 g/mol. The lowest BCUT2D eigenvalue weighted by molar-refractivity contribution is 1.54. The first kappa shape index (κ1) is 8.60. The zero-order chi connectivity index (χ0) is 9.14. The third-order valence-corrected chi connectivity index (χ3v) is 1.78. The van der Waals surface area contributed by atoms with Crippen LogP contribution in [0.4, 0.5) is 5.69 Å². The highest BCUT2D eigenvalue weighted by atomic mass is 14.6. The van der Waals surface area contributed by atoms with Gasteiger partial charge >= 0.3 is 0 Å². The third kappa shape index (κ3) is 1.40. The van der Waals surface area contributed by atoms with Gasteiger partial charge in [-0.2, -0.15) is 0 Å². The van der Waals surface area contributed by atoms with E-state index in [9.17, 15) is 0 Å². The summed E-state index contributed by atoms with van der Waals surface area (Å²) in [5.74, 6) is 0. The average Bonchev–Trinajstić information content (AvgIpc) is 2.03. The highest BCUT2D eigenvalue weighted by Gasteiger charge is 2.02. The highest BCUT2D eigenvalue weighted by Crippen LogP contribution is 2.24. The van der Waals surface area contributed by atoms with Crippen molar-refractivity contribution in [3.63, 3.8) is 0 Å². The van der Waals surface area contributed by atoms with E-state index < -0.39 is 0 Å². The Morgan fingerprint density at radius 3 is 2.58 bits per heavy atom. The number of nitrogens with two attached hydrogens (primary N) is 1. The molecule has 0 atom stereocenters. The van der Waals surface area contributed by atoms with E-state index in [4.69, 9.17) is 5.73 Å². The van der Waals surface area contributed by atoms with Gasteiger partial charge in [0, 0.05) is 11.3 Å². The normalized spacial score (nSPS) is 9.42. The van der Waals surface area contributed by atoms with Gasteiger partial charge in [-0.15, -0.1) is 0 Å². The summed E-state index contributed by atoms with van der Waals surface area (Å²) in [5, 5.41) is 0. The molecule has 0 amide bonds. The van der Waals surface area contributed by atoms with E-state index in [0.717, 1.165) is 22.4 Å². The van der Waals surface area contributed by atoms with Crippen LogP contribution >= 0.6 is 0 Å². The monoisotopic (exact) mass is 159 g/mol. The van der Waals surface area contributed by atoms with E-state index >= 15 is 0 Å². The molecule has 1 heteroatoms. The van der Waals surface area contributed by atoms with Crippen molar-refractivity contribution in [1.29, 1.82) is 0 Å². The number of nitrogen functional groups attached to an aromatic ring is 1. The Hall–Kier alpha value is -1.50. The minimum atomic E-state index is 0.764. The van der Waals surface area contributed by atoms with Crippen LogP contribution in [-0.2, 0) is 0 Å². The Balaban J connectivity index is 3.39. The summed E-state index contributed by atoms with van der Waals surface area (Å²) in [7, 11) is 0. The zero-order valence-corrected chi connectivity index (χ0v) is 7.30. The second-order valence-corrected chi connectivity index (χ2v) is 2.80. The van der Waals surface area contributed by atoms with Gasteiger partial charge in [0.15, 0.2) is 0 Å². The van der Waals surface area contributed by atoms with Crippen molar-refractivity contribution in [2.75, 3.05) is 5.73 Å². The SMILES string of the molecule is C=Cc1cccc(N)c1C(=C)C. The Kier molecular flexibility index (Phi) is 2.34. The Morgan fingerprint density at radius 2 is 2.17 bits per heavy atom. The molecule has 62 valence electrons. The molecular weight excluding hydrogens is 146 g/mol. The number of hydrogen-bond donors (Lipinski definition) is 1. The van der Waals surface area contributed by atoms with Gasteiger partial charge in [0.25, 0.3) is 0 Å². The lowest BCUT2D eigenvalue weighted by atomic mass is 10.0. The number of rotatable bonds is 2. The second-order valence-electron chi connectivity index (χ2n) is 2.80. The van der Waals surface area contributed by atoms with Crippen LogP contribution < -0.4 is 5.73 Å². The molecule has 0 unspecified atom stereocenters. The van der Waals surface area contributed by atoms with Gasteiger partial charge in [0.1, 0.15) is 0 Å². The highest BCUT2D eigenvalue weighted by molar-refractivity contribution is 5.79. The number of anilines is 1. The maximum atomic E-state index is 5.79. The van der Waals surface area contributed by atoms with Gasteiger partial charge in [0.05, 0.1) is 0 Å². The number of benzene rings is 1. The van der Waals surface area contributed by atoms with E-state index in [0.29, 0.717) is 0 Å². The standard InChI is InChI=1S/C11H13N/c1-4-9-6-5-7-10(12)11(9)8(2)3/h4-7H,1-2,12H2,3H3. The van der Waals surface area contributed by atoms with E-state index in [-0.39, 0.29) is 0 Å². The summed E-state index contributed by atoms with van der Waals surface area (Å²) in [6, 6.07) is 5.77. The van der Waals surface area contributed by atoms with Gasteiger partial charge in [-0.3, -0.25) is 0 Å². The van der Waals surface area contributed by atoms with Crippen molar-refractivity contribution >= 4 is 17.3 Å². The quantitative estimate of drug-likeness (QED) is 0.660. The zero-order valence-electron chi connectivity index (χ0n) is 7.30. The second kappa shape index (κ2) is 3.26. The van der Waals surface area contributed by atoms with Crippen LogP contribution in [0.15, 0.2) is 31.4 Å². The van der Waals surface area contributed by atoms with Gasteiger partial charge in [-0.1, -0.05) is 31.4 Å². The molecule has 0 saturated heterocycles. The van der Waals surface area contributed by atoms with Crippen LogP contribution in [0.2, 0.25) is 0 Å². The predicted octanol–water partition coefficient (Wildman–Crippen LogP) is 2.94. The molecule has 1 nitrogen and oxygen atoms in total. The fourth-order valence-electron chi connectivity index (χ4n) is 1.25. The number of hydrogen-bond acceptors (Lipinski definition) is 1. The molecule has 1 aromatic rings. The third-order valence-electron chi connectivity index (χ3n) is 1.78. The molecule has 0 radical (unpaired) electrons. The van der Waals surface area contributed by atoms with E-state index in [1.54, 1.807) is 6.08 Å². The smallest absolute Gasteiger partial charge is 0.0396 e. The van der Waals surface area contributed by atoms with Gasteiger partial charge in [-0.25, -0.2) is 0 Å². The Bertz CT molecular complexity index is 324. The number of allylic oxidation sites excluding steroid dienone is 1. The molecule has 0 saturated carbocycles.